The summed E-state index contributed by atoms with van der Waals surface area (Å²) in [7, 11) is 0. The van der Waals surface area contributed by atoms with Crippen molar-refractivity contribution in [3.63, 3.8) is 0 Å². The second-order valence-corrected chi connectivity index (χ2v) is 3.56. The summed E-state index contributed by atoms with van der Waals surface area (Å²) in [4.78, 5) is 12.6. The van der Waals surface area contributed by atoms with Crippen LogP contribution in [-0.2, 0) is 9.78 Å². The Hall–Kier alpha value is -0.770. The third-order valence-corrected chi connectivity index (χ3v) is 2.33. The molecule has 0 amide bonds. The Balaban J connectivity index is 2.07. The van der Waals surface area contributed by atoms with Gasteiger partial charge in [-0.2, -0.15) is 0 Å². The van der Waals surface area contributed by atoms with E-state index in [1.54, 1.807) is 0 Å². The first-order chi connectivity index (χ1) is 6.86. The van der Waals surface area contributed by atoms with Crippen LogP contribution < -0.4 is 0 Å². The Morgan fingerprint density at radius 1 is 1.36 bits per heavy atom. The first-order valence-corrected chi connectivity index (χ1v) is 5.23. The topological polar surface area (TPSA) is 67.2 Å². The van der Waals surface area contributed by atoms with Gasteiger partial charge < -0.3 is 0 Å². The molecule has 0 aliphatic carbocycles. The standard InChI is InChI=1S/C9H17N3O2/c1-2-3-4-5-6-8-7-9(11-12-10)14-13-8/h8-9H,2-7H2,1H3. The molecule has 0 saturated carbocycles. The van der Waals surface area contributed by atoms with E-state index >= 15 is 0 Å². The van der Waals surface area contributed by atoms with Gasteiger partial charge in [0, 0.05) is 11.3 Å². The fourth-order valence-electron chi connectivity index (χ4n) is 1.53. The van der Waals surface area contributed by atoms with Crippen LogP contribution in [0.5, 0.6) is 0 Å². The molecule has 0 aromatic rings. The lowest BCUT2D eigenvalue weighted by molar-refractivity contribution is -0.296. The Bertz CT molecular complexity index is 204. The monoisotopic (exact) mass is 199 g/mol. The molecule has 2 unspecified atom stereocenters. The average molecular weight is 199 g/mol. The van der Waals surface area contributed by atoms with E-state index in [0.717, 1.165) is 12.8 Å². The number of unbranched alkanes of at least 4 members (excludes halogenated alkanes) is 3. The molecule has 1 heterocycles. The van der Waals surface area contributed by atoms with E-state index in [-0.39, 0.29) is 6.10 Å². The minimum Gasteiger partial charge on any atom is -0.233 e. The molecule has 1 aliphatic heterocycles. The first kappa shape index (κ1) is 11.3. The molecular formula is C9H17N3O2. The molecule has 1 saturated heterocycles. The molecular weight excluding hydrogens is 182 g/mol. The Morgan fingerprint density at radius 3 is 2.93 bits per heavy atom. The van der Waals surface area contributed by atoms with E-state index in [1.807, 2.05) is 0 Å². The molecule has 5 heteroatoms. The first-order valence-electron chi connectivity index (χ1n) is 5.23. The smallest absolute Gasteiger partial charge is 0.174 e. The van der Waals surface area contributed by atoms with Crippen molar-refractivity contribution < 1.29 is 9.78 Å². The van der Waals surface area contributed by atoms with Gasteiger partial charge in [-0.25, -0.2) is 9.78 Å². The molecule has 5 nitrogen and oxygen atoms in total. The maximum Gasteiger partial charge on any atom is 0.174 e. The lowest BCUT2D eigenvalue weighted by Gasteiger charge is -2.04. The van der Waals surface area contributed by atoms with Crippen molar-refractivity contribution in [1.29, 1.82) is 0 Å². The van der Waals surface area contributed by atoms with Gasteiger partial charge in [0.15, 0.2) is 6.23 Å². The predicted molar refractivity (Wildman–Crippen MR) is 52.3 cm³/mol. The van der Waals surface area contributed by atoms with Crippen molar-refractivity contribution in [3.05, 3.63) is 10.4 Å². The highest BCUT2D eigenvalue weighted by atomic mass is 17.2. The number of hydrogen-bond donors (Lipinski definition) is 0. The molecule has 1 fully saturated rings. The number of azide groups is 1. The van der Waals surface area contributed by atoms with E-state index in [1.165, 1.54) is 19.3 Å². The SMILES string of the molecule is CCCCCCC1CC(N=[N+]=[N-])OO1. The van der Waals surface area contributed by atoms with Crippen molar-refractivity contribution in [3.8, 4) is 0 Å². The Kier molecular flexibility index (Phi) is 5.37. The van der Waals surface area contributed by atoms with Crippen LogP contribution in [0.2, 0.25) is 0 Å². The fourth-order valence-corrected chi connectivity index (χ4v) is 1.53. The molecule has 0 aromatic heterocycles. The van der Waals surface area contributed by atoms with Crippen LogP contribution in [-0.4, -0.2) is 12.3 Å². The van der Waals surface area contributed by atoms with Gasteiger partial charge in [0.05, 0.1) is 6.10 Å². The predicted octanol–water partition coefficient (Wildman–Crippen LogP) is 3.31. The maximum absolute atomic E-state index is 8.18. The molecule has 1 rings (SSSR count). The van der Waals surface area contributed by atoms with Crippen LogP contribution in [0.25, 0.3) is 10.4 Å². The third-order valence-electron chi connectivity index (χ3n) is 2.33. The minimum absolute atomic E-state index is 0.113. The molecule has 0 N–H and O–H groups in total. The van der Waals surface area contributed by atoms with E-state index in [0.29, 0.717) is 6.42 Å². The lowest BCUT2D eigenvalue weighted by Crippen LogP contribution is -2.05. The van der Waals surface area contributed by atoms with Gasteiger partial charge in [-0.15, -0.1) is 0 Å². The van der Waals surface area contributed by atoms with Gasteiger partial charge in [-0.1, -0.05) is 37.7 Å². The Morgan fingerprint density at radius 2 is 2.21 bits per heavy atom. The number of rotatable bonds is 6. The van der Waals surface area contributed by atoms with Crippen molar-refractivity contribution in [2.24, 2.45) is 5.11 Å². The highest BCUT2D eigenvalue weighted by molar-refractivity contribution is 4.68. The number of nitrogens with zero attached hydrogens (tertiary/aromatic N) is 3. The summed E-state index contributed by atoms with van der Waals surface area (Å²) < 4.78 is 0. The third kappa shape index (κ3) is 3.96. The molecule has 2 atom stereocenters. The molecule has 0 spiro atoms. The maximum atomic E-state index is 8.18. The summed E-state index contributed by atoms with van der Waals surface area (Å²) in [6.07, 6.45) is 6.29. The van der Waals surface area contributed by atoms with Crippen LogP contribution in [0.4, 0.5) is 0 Å². The largest absolute Gasteiger partial charge is 0.233 e. The number of hydrogen-bond acceptors (Lipinski definition) is 3. The summed E-state index contributed by atoms with van der Waals surface area (Å²) in [6.45, 7) is 2.19. The van der Waals surface area contributed by atoms with Crippen molar-refractivity contribution >= 4 is 0 Å². The zero-order valence-corrected chi connectivity index (χ0v) is 8.56. The quantitative estimate of drug-likeness (QED) is 0.216. The van der Waals surface area contributed by atoms with Crippen LogP contribution >= 0.6 is 0 Å². The molecule has 0 bridgehead atoms. The van der Waals surface area contributed by atoms with Crippen LogP contribution in [0.3, 0.4) is 0 Å². The van der Waals surface area contributed by atoms with Crippen LogP contribution in [0.15, 0.2) is 5.11 Å². The minimum atomic E-state index is -0.420. The molecule has 14 heavy (non-hydrogen) atoms. The van der Waals surface area contributed by atoms with Gasteiger partial charge in [0.25, 0.3) is 0 Å². The van der Waals surface area contributed by atoms with Gasteiger partial charge in [-0.3, -0.25) is 0 Å². The van der Waals surface area contributed by atoms with Crippen molar-refractivity contribution in [2.75, 3.05) is 0 Å². The zero-order valence-electron chi connectivity index (χ0n) is 8.56. The fraction of sp³-hybridized carbons (Fsp3) is 1.00. The average Bonchev–Trinajstić information content (AvgIpc) is 2.61. The molecule has 0 radical (unpaired) electrons. The van der Waals surface area contributed by atoms with Crippen LogP contribution in [0.1, 0.15) is 45.4 Å². The van der Waals surface area contributed by atoms with Gasteiger partial charge >= 0.3 is 0 Å². The molecule has 0 aromatic carbocycles. The van der Waals surface area contributed by atoms with E-state index < -0.39 is 6.23 Å². The highest BCUT2D eigenvalue weighted by Crippen LogP contribution is 2.22. The highest BCUT2D eigenvalue weighted by Gasteiger charge is 2.25. The van der Waals surface area contributed by atoms with E-state index in [2.05, 4.69) is 16.9 Å². The van der Waals surface area contributed by atoms with Gasteiger partial charge in [-0.05, 0) is 12.0 Å². The molecule has 80 valence electrons. The lowest BCUT2D eigenvalue weighted by atomic mass is 10.1. The summed E-state index contributed by atoms with van der Waals surface area (Å²) in [5, 5.41) is 3.45. The second kappa shape index (κ2) is 6.65. The van der Waals surface area contributed by atoms with Crippen molar-refractivity contribution in [2.45, 2.75) is 57.8 Å². The van der Waals surface area contributed by atoms with E-state index in [4.69, 9.17) is 15.3 Å². The Labute approximate surface area is 83.9 Å². The zero-order chi connectivity index (χ0) is 10.2. The summed E-state index contributed by atoms with van der Waals surface area (Å²) >= 11 is 0. The van der Waals surface area contributed by atoms with Crippen LogP contribution in [0, 0.1) is 0 Å². The summed E-state index contributed by atoms with van der Waals surface area (Å²) in [6, 6.07) is 0. The molecule has 1 aliphatic rings. The van der Waals surface area contributed by atoms with Gasteiger partial charge in [0.1, 0.15) is 0 Å². The van der Waals surface area contributed by atoms with Gasteiger partial charge in [0.2, 0.25) is 0 Å². The van der Waals surface area contributed by atoms with E-state index in [9.17, 15) is 0 Å². The van der Waals surface area contributed by atoms with Crippen molar-refractivity contribution in [1.82, 2.24) is 0 Å². The summed E-state index contributed by atoms with van der Waals surface area (Å²) in [5.74, 6) is 0. The normalized spacial score (nSPS) is 26.1. The second-order valence-electron chi connectivity index (χ2n) is 3.56. The summed E-state index contributed by atoms with van der Waals surface area (Å²) in [5.41, 5.74) is 8.18.